The lowest BCUT2D eigenvalue weighted by molar-refractivity contribution is -0.301. The molecule has 0 fully saturated rings. The molecule has 17 heavy (non-hydrogen) atoms. The molecule has 1 aromatic rings. The fourth-order valence-corrected chi connectivity index (χ4v) is 2.86. The van der Waals surface area contributed by atoms with Crippen molar-refractivity contribution in [1.82, 2.24) is 5.06 Å². The molecule has 1 heterocycles. The quantitative estimate of drug-likeness (QED) is 0.671. The summed E-state index contributed by atoms with van der Waals surface area (Å²) < 4.78 is 0. The van der Waals surface area contributed by atoms with E-state index in [0.717, 1.165) is 0 Å². The van der Waals surface area contributed by atoms with E-state index in [2.05, 4.69) is 70.9 Å². The molecule has 1 unspecified atom stereocenters. The molecule has 0 aromatic heterocycles. The number of nitrogens with zero attached hydrogens (tertiary/aromatic N) is 1. The van der Waals surface area contributed by atoms with E-state index >= 15 is 0 Å². The monoisotopic (exact) mass is 233 g/mol. The van der Waals surface area contributed by atoms with Gasteiger partial charge in [0.25, 0.3) is 0 Å². The Labute approximate surface area is 105 Å². The first-order valence-electron chi connectivity index (χ1n) is 6.31. The van der Waals surface area contributed by atoms with Crippen LogP contribution < -0.4 is 0 Å². The van der Waals surface area contributed by atoms with Gasteiger partial charge in [0.2, 0.25) is 0 Å². The normalized spacial score (nSPS) is 24.5. The number of benzene rings is 1. The summed E-state index contributed by atoms with van der Waals surface area (Å²) in [7, 11) is 0. The number of hydrogen-bond acceptors (Lipinski definition) is 2. The van der Waals surface area contributed by atoms with Gasteiger partial charge in [0.05, 0.1) is 5.54 Å². The van der Waals surface area contributed by atoms with E-state index in [4.69, 9.17) is 4.84 Å². The molecule has 1 aliphatic heterocycles. The van der Waals surface area contributed by atoms with Gasteiger partial charge in [0.1, 0.15) is 6.10 Å². The van der Waals surface area contributed by atoms with Gasteiger partial charge < -0.3 is 0 Å². The average molecular weight is 233 g/mol. The third-order valence-corrected chi connectivity index (χ3v) is 3.44. The highest BCUT2D eigenvalue weighted by Crippen LogP contribution is 2.44. The van der Waals surface area contributed by atoms with E-state index in [1.54, 1.807) is 0 Å². The van der Waals surface area contributed by atoms with Gasteiger partial charge in [-0.3, -0.25) is 4.84 Å². The maximum absolute atomic E-state index is 6.13. The molecule has 0 N–H and O–H groups in total. The van der Waals surface area contributed by atoms with Crippen LogP contribution >= 0.6 is 0 Å². The van der Waals surface area contributed by atoms with Crippen molar-refractivity contribution in [2.24, 2.45) is 0 Å². The van der Waals surface area contributed by atoms with Crippen LogP contribution in [0.2, 0.25) is 0 Å². The third-order valence-electron chi connectivity index (χ3n) is 3.44. The molecule has 2 heteroatoms. The summed E-state index contributed by atoms with van der Waals surface area (Å²) in [5.41, 5.74) is 2.57. The van der Waals surface area contributed by atoms with Crippen molar-refractivity contribution in [3.8, 4) is 0 Å². The molecule has 1 aromatic carbocycles. The van der Waals surface area contributed by atoms with E-state index < -0.39 is 0 Å². The Bertz CT molecular complexity index is 417. The van der Waals surface area contributed by atoms with Crippen LogP contribution in [0.4, 0.5) is 0 Å². The topological polar surface area (TPSA) is 12.5 Å². The Morgan fingerprint density at radius 1 is 1.18 bits per heavy atom. The minimum Gasteiger partial charge on any atom is -0.290 e. The molecule has 0 spiro atoms. The number of hydrogen-bond donors (Lipinski definition) is 0. The Morgan fingerprint density at radius 2 is 1.76 bits per heavy atom. The van der Waals surface area contributed by atoms with Crippen LogP contribution in [0.1, 0.15) is 58.8 Å². The summed E-state index contributed by atoms with van der Waals surface area (Å²) in [6.45, 7) is 13.1. The first-order valence-corrected chi connectivity index (χ1v) is 6.31. The zero-order chi connectivity index (χ0) is 12.8. The van der Waals surface area contributed by atoms with Gasteiger partial charge in [0.15, 0.2) is 0 Å². The Balaban J connectivity index is 2.54. The van der Waals surface area contributed by atoms with Gasteiger partial charge in [-0.05, 0) is 52.7 Å². The van der Waals surface area contributed by atoms with Crippen LogP contribution in [-0.4, -0.2) is 10.6 Å². The van der Waals surface area contributed by atoms with Crippen molar-refractivity contribution < 1.29 is 4.84 Å². The zero-order valence-electron chi connectivity index (χ0n) is 11.7. The molecule has 94 valence electrons. The van der Waals surface area contributed by atoms with Crippen LogP contribution in [0.3, 0.4) is 0 Å². The smallest absolute Gasteiger partial charge is 0.102 e. The second-order valence-corrected chi connectivity index (χ2v) is 6.36. The second-order valence-electron chi connectivity index (χ2n) is 6.36. The van der Waals surface area contributed by atoms with Crippen LogP contribution in [0.25, 0.3) is 0 Å². The Hall–Kier alpha value is -0.860. The summed E-state index contributed by atoms with van der Waals surface area (Å²) in [4.78, 5) is 6.13. The molecule has 1 atom stereocenters. The summed E-state index contributed by atoms with van der Waals surface area (Å²) in [5.74, 6) is 0. The lowest BCUT2D eigenvalue weighted by Gasteiger charge is -2.51. The molecule has 2 rings (SSSR count). The van der Waals surface area contributed by atoms with Crippen LogP contribution in [-0.2, 0) is 10.4 Å². The molecule has 0 aliphatic carbocycles. The number of fused-ring (bicyclic) bond motifs is 1. The maximum atomic E-state index is 6.13. The molecule has 1 aliphatic rings. The van der Waals surface area contributed by atoms with Crippen molar-refractivity contribution >= 4 is 0 Å². The van der Waals surface area contributed by atoms with E-state index in [9.17, 15) is 0 Å². The van der Waals surface area contributed by atoms with Crippen LogP contribution in [0.15, 0.2) is 24.3 Å². The lowest BCUT2D eigenvalue weighted by Crippen LogP contribution is -2.55. The van der Waals surface area contributed by atoms with Crippen molar-refractivity contribution in [2.75, 3.05) is 0 Å². The summed E-state index contributed by atoms with van der Waals surface area (Å²) in [5, 5.41) is 2.13. The predicted octanol–water partition coefficient (Wildman–Crippen LogP) is 4.03. The second kappa shape index (κ2) is 3.82. The average Bonchev–Trinajstić information content (AvgIpc) is 2.22. The Kier molecular flexibility index (Phi) is 2.83. The van der Waals surface area contributed by atoms with E-state index in [1.165, 1.54) is 11.1 Å². The fourth-order valence-electron chi connectivity index (χ4n) is 2.86. The minimum absolute atomic E-state index is 0.00864. The van der Waals surface area contributed by atoms with E-state index in [1.807, 2.05) is 0 Å². The molecule has 0 saturated heterocycles. The van der Waals surface area contributed by atoms with Crippen LogP contribution in [0, 0.1) is 0 Å². The minimum atomic E-state index is -0.0959. The molecule has 0 radical (unpaired) electrons. The highest BCUT2D eigenvalue weighted by atomic mass is 16.7. The van der Waals surface area contributed by atoms with E-state index in [-0.39, 0.29) is 17.2 Å². The van der Waals surface area contributed by atoms with Gasteiger partial charge in [-0.25, -0.2) is 0 Å². The summed E-state index contributed by atoms with van der Waals surface area (Å²) in [6, 6.07) is 8.58. The Morgan fingerprint density at radius 3 is 2.35 bits per heavy atom. The third kappa shape index (κ3) is 2.00. The summed E-state index contributed by atoms with van der Waals surface area (Å²) >= 11 is 0. The predicted molar refractivity (Wildman–Crippen MR) is 70.6 cm³/mol. The molecule has 2 nitrogen and oxygen atoms in total. The fraction of sp³-hybridized carbons (Fsp3) is 0.600. The number of rotatable bonds is 0. The number of hydroxylamine groups is 2. The first-order chi connectivity index (χ1) is 7.74. The van der Waals surface area contributed by atoms with Gasteiger partial charge in [-0.1, -0.05) is 24.3 Å². The van der Waals surface area contributed by atoms with Gasteiger partial charge in [-0.2, -0.15) is 5.06 Å². The first kappa shape index (κ1) is 12.6. The lowest BCUT2D eigenvalue weighted by atomic mass is 9.84. The zero-order valence-corrected chi connectivity index (χ0v) is 11.7. The van der Waals surface area contributed by atoms with Gasteiger partial charge in [0, 0.05) is 5.54 Å². The van der Waals surface area contributed by atoms with Crippen LogP contribution in [0.5, 0.6) is 0 Å². The molecular weight excluding hydrogens is 210 g/mol. The molecule has 0 amide bonds. The van der Waals surface area contributed by atoms with Crippen molar-refractivity contribution in [2.45, 2.75) is 58.7 Å². The van der Waals surface area contributed by atoms with Gasteiger partial charge in [-0.15, -0.1) is 0 Å². The molecule has 0 bridgehead atoms. The standard InChI is InChI=1S/C15H23NO/c1-11-12-9-7-8-10-13(12)15(5,6)16(17-11)14(2,3)4/h7-11H,1-6H3. The SMILES string of the molecule is CC1ON(C(C)(C)C)C(C)(C)c2ccccc21. The van der Waals surface area contributed by atoms with Crippen molar-refractivity contribution in [3.63, 3.8) is 0 Å². The highest BCUT2D eigenvalue weighted by Gasteiger charge is 2.43. The molecular formula is C15H23NO. The van der Waals surface area contributed by atoms with Crippen molar-refractivity contribution in [3.05, 3.63) is 35.4 Å². The van der Waals surface area contributed by atoms with Gasteiger partial charge >= 0.3 is 0 Å². The van der Waals surface area contributed by atoms with E-state index in [0.29, 0.717) is 0 Å². The highest BCUT2D eigenvalue weighted by molar-refractivity contribution is 5.35. The summed E-state index contributed by atoms with van der Waals surface area (Å²) in [6.07, 6.45) is 0.124. The maximum Gasteiger partial charge on any atom is 0.102 e. The van der Waals surface area contributed by atoms with Crippen molar-refractivity contribution in [1.29, 1.82) is 0 Å². The molecule has 0 saturated carbocycles. The largest absolute Gasteiger partial charge is 0.290 e.